The van der Waals surface area contributed by atoms with Crippen molar-refractivity contribution in [3.8, 4) is 0 Å². The second-order valence-electron chi connectivity index (χ2n) is 8.24. The molecule has 3 nitrogen and oxygen atoms in total. The van der Waals surface area contributed by atoms with Gasteiger partial charge in [0.2, 0.25) is 0 Å². The summed E-state index contributed by atoms with van der Waals surface area (Å²) < 4.78 is 0. The third-order valence-electron chi connectivity index (χ3n) is 5.82. The van der Waals surface area contributed by atoms with E-state index in [9.17, 15) is 4.79 Å². The van der Waals surface area contributed by atoms with Crippen LogP contribution in [0.3, 0.4) is 0 Å². The van der Waals surface area contributed by atoms with Crippen LogP contribution < -0.4 is 5.32 Å². The lowest BCUT2D eigenvalue weighted by molar-refractivity contribution is -0.136. The molecular formula is C27H30ClNO2. The SMILES string of the molecule is Cc1ccc(CC(c2cccc(Cl)c2)c2ccc(CNCCC(=O)O)cc2C)cc1C. The zero-order chi connectivity index (χ0) is 22.4. The Labute approximate surface area is 190 Å². The van der Waals surface area contributed by atoms with E-state index in [2.05, 4.69) is 74.6 Å². The van der Waals surface area contributed by atoms with Crippen molar-refractivity contribution in [3.05, 3.63) is 105 Å². The molecule has 0 fully saturated rings. The molecule has 3 aromatic rings. The largest absolute Gasteiger partial charge is 0.481 e. The highest BCUT2D eigenvalue weighted by molar-refractivity contribution is 6.30. The Hall–Kier alpha value is -2.62. The minimum absolute atomic E-state index is 0.129. The Morgan fingerprint density at radius 1 is 0.935 bits per heavy atom. The maximum absolute atomic E-state index is 10.7. The molecule has 0 heterocycles. The van der Waals surface area contributed by atoms with E-state index in [1.807, 2.05) is 12.1 Å². The smallest absolute Gasteiger partial charge is 0.304 e. The van der Waals surface area contributed by atoms with E-state index in [4.69, 9.17) is 16.7 Å². The minimum atomic E-state index is -0.783. The van der Waals surface area contributed by atoms with Crippen LogP contribution in [0, 0.1) is 20.8 Å². The number of halogens is 1. The van der Waals surface area contributed by atoms with E-state index in [-0.39, 0.29) is 12.3 Å². The zero-order valence-electron chi connectivity index (χ0n) is 18.4. The van der Waals surface area contributed by atoms with Gasteiger partial charge in [-0.15, -0.1) is 0 Å². The van der Waals surface area contributed by atoms with Gasteiger partial charge in [-0.25, -0.2) is 0 Å². The van der Waals surface area contributed by atoms with Crippen molar-refractivity contribution < 1.29 is 9.90 Å². The Morgan fingerprint density at radius 3 is 2.35 bits per heavy atom. The van der Waals surface area contributed by atoms with Crippen molar-refractivity contribution in [3.63, 3.8) is 0 Å². The fraction of sp³-hybridized carbons (Fsp3) is 0.296. The molecule has 0 saturated heterocycles. The summed E-state index contributed by atoms with van der Waals surface area (Å²) in [6, 6.07) is 21.4. The Morgan fingerprint density at radius 2 is 1.68 bits per heavy atom. The van der Waals surface area contributed by atoms with Gasteiger partial charge in [0.05, 0.1) is 6.42 Å². The van der Waals surface area contributed by atoms with Crippen LogP contribution in [0.1, 0.15) is 51.3 Å². The summed E-state index contributed by atoms with van der Waals surface area (Å²) in [6.45, 7) is 7.57. The van der Waals surface area contributed by atoms with Gasteiger partial charge in [-0.3, -0.25) is 4.79 Å². The molecule has 0 aliphatic rings. The standard InChI is InChI=1S/C27H30ClNO2/c1-18-7-8-21(13-19(18)2)15-26(23-5-4-6-24(28)16-23)25-10-9-22(14-20(25)3)17-29-12-11-27(30)31/h4-10,13-14,16,26,29H,11-12,15,17H2,1-3H3,(H,30,31). The van der Waals surface area contributed by atoms with Crippen molar-refractivity contribution in [1.82, 2.24) is 5.32 Å². The normalized spacial score (nSPS) is 12.0. The second kappa shape index (κ2) is 10.6. The fourth-order valence-electron chi connectivity index (χ4n) is 3.96. The molecule has 0 aliphatic heterocycles. The van der Waals surface area contributed by atoms with Gasteiger partial charge in [-0.2, -0.15) is 0 Å². The summed E-state index contributed by atoms with van der Waals surface area (Å²) in [4.78, 5) is 10.7. The Bertz CT molecular complexity index is 1060. The lowest BCUT2D eigenvalue weighted by Crippen LogP contribution is -2.17. The summed E-state index contributed by atoms with van der Waals surface area (Å²) in [5, 5.41) is 12.7. The van der Waals surface area contributed by atoms with Gasteiger partial charge < -0.3 is 10.4 Å². The van der Waals surface area contributed by atoms with Crippen molar-refractivity contribution in [2.75, 3.05) is 6.54 Å². The molecule has 0 amide bonds. The summed E-state index contributed by atoms with van der Waals surface area (Å²) in [5.41, 5.74) is 8.80. The van der Waals surface area contributed by atoms with Crippen LogP contribution in [0.2, 0.25) is 5.02 Å². The Kier molecular flexibility index (Phi) is 7.89. The highest BCUT2D eigenvalue weighted by Gasteiger charge is 2.18. The molecule has 0 bridgehead atoms. The molecule has 3 rings (SSSR count). The number of carboxylic acids is 1. The van der Waals surface area contributed by atoms with Gasteiger partial charge in [0, 0.05) is 24.0 Å². The first-order valence-corrected chi connectivity index (χ1v) is 11.0. The van der Waals surface area contributed by atoms with Gasteiger partial charge in [-0.1, -0.05) is 60.1 Å². The van der Waals surface area contributed by atoms with Crippen LogP contribution in [0.15, 0.2) is 60.7 Å². The van der Waals surface area contributed by atoms with Crippen molar-refractivity contribution in [2.45, 2.75) is 46.1 Å². The van der Waals surface area contributed by atoms with E-state index in [0.29, 0.717) is 13.1 Å². The van der Waals surface area contributed by atoms with Crippen molar-refractivity contribution in [1.29, 1.82) is 0 Å². The molecule has 3 aromatic carbocycles. The Balaban J connectivity index is 1.88. The first-order valence-electron chi connectivity index (χ1n) is 10.7. The highest BCUT2D eigenvalue weighted by atomic mass is 35.5. The number of carboxylic acid groups (broad SMARTS) is 1. The first-order chi connectivity index (χ1) is 14.8. The number of aryl methyl sites for hydroxylation is 3. The molecule has 0 radical (unpaired) electrons. The van der Waals surface area contributed by atoms with Crippen LogP contribution in [0.5, 0.6) is 0 Å². The molecular weight excluding hydrogens is 406 g/mol. The van der Waals surface area contributed by atoms with E-state index >= 15 is 0 Å². The van der Waals surface area contributed by atoms with Gasteiger partial charge in [0.25, 0.3) is 0 Å². The highest BCUT2D eigenvalue weighted by Crippen LogP contribution is 2.33. The topological polar surface area (TPSA) is 49.3 Å². The van der Waals surface area contributed by atoms with Crippen molar-refractivity contribution >= 4 is 17.6 Å². The monoisotopic (exact) mass is 435 g/mol. The molecule has 2 N–H and O–H groups in total. The maximum atomic E-state index is 10.7. The molecule has 162 valence electrons. The lowest BCUT2D eigenvalue weighted by atomic mass is 9.83. The predicted molar refractivity (Wildman–Crippen MR) is 128 cm³/mol. The lowest BCUT2D eigenvalue weighted by Gasteiger charge is -2.22. The number of rotatable bonds is 9. The molecule has 31 heavy (non-hydrogen) atoms. The van der Waals surface area contributed by atoms with E-state index < -0.39 is 5.97 Å². The summed E-state index contributed by atoms with van der Waals surface area (Å²) >= 11 is 6.33. The number of benzene rings is 3. The van der Waals surface area contributed by atoms with Crippen LogP contribution >= 0.6 is 11.6 Å². The fourth-order valence-corrected chi connectivity index (χ4v) is 4.16. The predicted octanol–water partition coefficient (Wildman–Crippen LogP) is 6.20. The van der Waals surface area contributed by atoms with Gasteiger partial charge in [0.1, 0.15) is 0 Å². The van der Waals surface area contributed by atoms with Crippen molar-refractivity contribution in [2.24, 2.45) is 0 Å². The summed E-state index contributed by atoms with van der Waals surface area (Å²) in [6.07, 6.45) is 1.03. The van der Waals surface area contributed by atoms with E-state index in [1.165, 1.54) is 33.4 Å². The van der Waals surface area contributed by atoms with Crippen LogP contribution in [-0.4, -0.2) is 17.6 Å². The first kappa shape index (κ1) is 23.1. The van der Waals surface area contributed by atoms with Gasteiger partial charge in [0.15, 0.2) is 0 Å². The van der Waals surface area contributed by atoms with E-state index in [1.54, 1.807) is 0 Å². The summed E-state index contributed by atoms with van der Waals surface area (Å²) in [7, 11) is 0. The summed E-state index contributed by atoms with van der Waals surface area (Å²) in [5.74, 6) is -0.579. The zero-order valence-corrected chi connectivity index (χ0v) is 19.2. The average Bonchev–Trinajstić information content (AvgIpc) is 2.72. The van der Waals surface area contributed by atoms with Gasteiger partial charge >= 0.3 is 5.97 Å². The van der Waals surface area contributed by atoms with E-state index in [0.717, 1.165) is 17.0 Å². The number of aliphatic carboxylic acids is 1. The van der Waals surface area contributed by atoms with Gasteiger partial charge in [-0.05, 0) is 78.3 Å². The molecule has 0 aliphatic carbocycles. The average molecular weight is 436 g/mol. The molecule has 0 aromatic heterocycles. The quantitative estimate of drug-likeness (QED) is 0.393. The third-order valence-corrected chi connectivity index (χ3v) is 6.05. The number of hydrogen-bond acceptors (Lipinski definition) is 2. The molecule has 0 saturated carbocycles. The van der Waals surface area contributed by atoms with Crippen LogP contribution in [-0.2, 0) is 17.8 Å². The number of carbonyl (C=O) groups is 1. The van der Waals surface area contributed by atoms with Crippen LogP contribution in [0.4, 0.5) is 0 Å². The molecule has 1 unspecified atom stereocenters. The van der Waals surface area contributed by atoms with Crippen LogP contribution in [0.25, 0.3) is 0 Å². The number of hydrogen-bond donors (Lipinski definition) is 2. The second-order valence-corrected chi connectivity index (χ2v) is 8.68. The minimum Gasteiger partial charge on any atom is -0.481 e. The number of nitrogens with one attached hydrogen (secondary N) is 1. The molecule has 4 heteroatoms. The molecule has 0 spiro atoms. The molecule has 1 atom stereocenters. The third kappa shape index (κ3) is 6.43. The maximum Gasteiger partial charge on any atom is 0.304 e.